The molecule has 8 heteroatoms. The second-order valence-electron chi connectivity index (χ2n) is 6.10. The third-order valence-electron chi connectivity index (χ3n) is 4.41. The second kappa shape index (κ2) is 8.40. The van der Waals surface area contributed by atoms with Crippen molar-refractivity contribution in [1.82, 2.24) is 20.4 Å². The predicted octanol–water partition coefficient (Wildman–Crippen LogP) is 1.78. The molecule has 1 amide bonds. The fourth-order valence-corrected chi connectivity index (χ4v) is 3.12. The molecule has 2 N–H and O–H groups in total. The summed E-state index contributed by atoms with van der Waals surface area (Å²) in [5.74, 6) is -1.13. The molecule has 1 fully saturated rings. The van der Waals surface area contributed by atoms with Gasteiger partial charge in [0.25, 0.3) is 0 Å². The quantitative estimate of drug-likeness (QED) is 0.843. The summed E-state index contributed by atoms with van der Waals surface area (Å²) in [4.78, 5) is 12.4. The Kier molecular flexibility index (Phi) is 6.50. The van der Waals surface area contributed by atoms with Crippen LogP contribution in [0, 0.1) is 17.6 Å². The van der Waals surface area contributed by atoms with Crippen molar-refractivity contribution in [2.24, 2.45) is 13.0 Å². The first-order valence-corrected chi connectivity index (χ1v) is 7.95. The largest absolute Gasteiger partial charge is 0.355 e. The molecule has 0 radical (unpaired) electrons. The number of nitrogens with zero attached hydrogens (tertiary/aromatic N) is 2. The van der Waals surface area contributed by atoms with E-state index in [2.05, 4.69) is 15.7 Å². The van der Waals surface area contributed by atoms with E-state index in [0.29, 0.717) is 6.54 Å². The fraction of sp³-hybridized carbons (Fsp3) is 0.412. The van der Waals surface area contributed by atoms with E-state index in [9.17, 15) is 13.6 Å². The number of benzene rings is 1. The van der Waals surface area contributed by atoms with E-state index in [0.717, 1.165) is 30.3 Å². The number of halogens is 3. The van der Waals surface area contributed by atoms with E-state index in [1.165, 1.54) is 0 Å². The van der Waals surface area contributed by atoms with Gasteiger partial charge in [-0.25, -0.2) is 8.78 Å². The number of nitrogens with one attached hydrogen (secondary N) is 2. The van der Waals surface area contributed by atoms with Gasteiger partial charge in [0.1, 0.15) is 11.6 Å². The molecule has 0 bridgehead atoms. The summed E-state index contributed by atoms with van der Waals surface area (Å²) in [5.41, 5.74) is 1.29. The number of rotatable bonds is 5. The molecule has 1 aliphatic rings. The maximum absolute atomic E-state index is 13.6. The van der Waals surface area contributed by atoms with Crippen molar-refractivity contribution < 1.29 is 13.6 Å². The van der Waals surface area contributed by atoms with E-state index in [4.69, 9.17) is 0 Å². The molecule has 2 atom stereocenters. The van der Waals surface area contributed by atoms with E-state index in [-0.39, 0.29) is 48.7 Å². The maximum Gasteiger partial charge on any atom is 0.225 e. The molecule has 1 aromatic heterocycles. The highest BCUT2D eigenvalue weighted by Crippen LogP contribution is 2.27. The first kappa shape index (κ1) is 19.3. The normalized spacial score (nSPS) is 19.5. The number of amides is 1. The maximum atomic E-state index is 13.6. The van der Waals surface area contributed by atoms with Gasteiger partial charge in [-0.1, -0.05) is 0 Å². The molecule has 2 aromatic rings. The van der Waals surface area contributed by atoms with Crippen LogP contribution in [0.15, 0.2) is 30.6 Å². The van der Waals surface area contributed by atoms with Crippen LogP contribution >= 0.6 is 12.4 Å². The molecule has 136 valence electrons. The van der Waals surface area contributed by atoms with Crippen LogP contribution in [-0.4, -0.2) is 35.3 Å². The monoisotopic (exact) mass is 370 g/mol. The minimum absolute atomic E-state index is 0. The van der Waals surface area contributed by atoms with Gasteiger partial charge in [0, 0.05) is 38.8 Å². The van der Waals surface area contributed by atoms with Gasteiger partial charge in [0.15, 0.2) is 0 Å². The zero-order valence-corrected chi connectivity index (χ0v) is 14.7. The zero-order chi connectivity index (χ0) is 17.1. The van der Waals surface area contributed by atoms with Crippen molar-refractivity contribution in [1.29, 1.82) is 0 Å². The highest BCUT2D eigenvalue weighted by molar-refractivity contribution is 5.85. The van der Waals surface area contributed by atoms with E-state index in [1.54, 1.807) is 10.9 Å². The van der Waals surface area contributed by atoms with Gasteiger partial charge >= 0.3 is 0 Å². The molecule has 2 heterocycles. The highest BCUT2D eigenvalue weighted by atomic mass is 35.5. The number of aryl methyl sites for hydroxylation is 1. The fourth-order valence-electron chi connectivity index (χ4n) is 3.12. The van der Waals surface area contributed by atoms with Crippen molar-refractivity contribution in [2.75, 3.05) is 19.6 Å². The molecule has 5 nitrogen and oxygen atoms in total. The van der Waals surface area contributed by atoms with Crippen LogP contribution in [0.3, 0.4) is 0 Å². The molecule has 3 rings (SSSR count). The summed E-state index contributed by atoms with van der Waals surface area (Å²) in [5, 5.41) is 10.2. The zero-order valence-electron chi connectivity index (χ0n) is 13.8. The van der Waals surface area contributed by atoms with Crippen LogP contribution in [0.1, 0.15) is 17.0 Å². The van der Waals surface area contributed by atoms with Crippen molar-refractivity contribution in [3.05, 3.63) is 53.4 Å². The summed E-state index contributed by atoms with van der Waals surface area (Å²) in [6.45, 7) is 1.59. The molecule has 1 aromatic carbocycles. The Labute approximate surface area is 151 Å². The van der Waals surface area contributed by atoms with E-state index in [1.807, 2.05) is 13.2 Å². The number of hydrogen-bond donors (Lipinski definition) is 2. The molecule has 25 heavy (non-hydrogen) atoms. The molecule has 0 saturated carbocycles. The topological polar surface area (TPSA) is 59.0 Å². The minimum Gasteiger partial charge on any atom is -0.355 e. The average molecular weight is 371 g/mol. The van der Waals surface area contributed by atoms with Gasteiger partial charge in [0.05, 0.1) is 12.1 Å². The number of carbonyl (C=O) groups excluding carboxylic acids is 1. The lowest BCUT2D eigenvalue weighted by Crippen LogP contribution is -2.35. The van der Waals surface area contributed by atoms with Crippen molar-refractivity contribution in [3.63, 3.8) is 0 Å². The van der Waals surface area contributed by atoms with Crippen LogP contribution in [0.2, 0.25) is 0 Å². The standard InChI is InChI=1S/C17H20F2N4O.ClH/c1-23-10-12(7-22-23)14-8-20-9-15(14)17(24)21-5-4-11-6-13(18)2-3-16(11)19;/h2-3,6-7,10,14-15,20H,4-5,8-9H2,1H3,(H,21,24);1H/t14-,15+;/m1./s1. The van der Waals surface area contributed by atoms with E-state index >= 15 is 0 Å². The van der Waals surface area contributed by atoms with E-state index < -0.39 is 11.6 Å². The molecule has 0 spiro atoms. The van der Waals surface area contributed by atoms with Crippen molar-refractivity contribution in [3.8, 4) is 0 Å². The number of aromatic nitrogens is 2. The van der Waals surface area contributed by atoms with Crippen LogP contribution in [0.25, 0.3) is 0 Å². The van der Waals surface area contributed by atoms with Gasteiger partial charge in [-0.2, -0.15) is 5.10 Å². The Bertz CT molecular complexity index is 737. The van der Waals surface area contributed by atoms with Crippen molar-refractivity contribution in [2.45, 2.75) is 12.3 Å². The second-order valence-corrected chi connectivity index (χ2v) is 6.10. The molecule has 0 unspecified atom stereocenters. The molecular weight excluding hydrogens is 350 g/mol. The Morgan fingerprint density at radius 3 is 2.92 bits per heavy atom. The van der Waals surface area contributed by atoms with Gasteiger partial charge in [-0.05, 0) is 35.7 Å². The lowest BCUT2D eigenvalue weighted by molar-refractivity contribution is -0.124. The SMILES string of the molecule is Cl.Cn1cc([C@H]2CNC[C@@H]2C(=O)NCCc2cc(F)ccc2F)cn1. The highest BCUT2D eigenvalue weighted by Gasteiger charge is 2.34. The Morgan fingerprint density at radius 2 is 2.20 bits per heavy atom. The van der Waals surface area contributed by atoms with Crippen LogP contribution in [0.4, 0.5) is 8.78 Å². The Hall–Kier alpha value is -1.99. The first-order chi connectivity index (χ1) is 11.5. The molecule has 0 aliphatic carbocycles. The van der Waals surface area contributed by atoms with Gasteiger partial charge in [-0.15, -0.1) is 12.4 Å². The van der Waals surface area contributed by atoms with Gasteiger partial charge in [-0.3, -0.25) is 9.48 Å². The average Bonchev–Trinajstić information content (AvgIpc) is 3.19. The molecule has 1 saturated heterocycles. The van der Waals surface area contributed by atoms with Crippen LogP contribution < -0.4 is 10.6 Å². The third-order valence-corrected chi connectivity index (χ3v) is 4.41. The van der Waals surface area contributed by atoms with Crippen LogP contribution in [0.5, 0.6) is 0 Å². The third kappa shape index (κ3) is 4.55. The Balaban J connectivity index is 0.00000225. The van der Waals surface area contributed by atoms with Gasteiger partial charge < -0.3 is 10.6 Å². The lowest BCUT2D eigenvalue weighted by atomic mass is 9.90. The predicted molar refractivity (Wildman–Crippen MR) is 92.6 cm³/mol. The summed E-state index contributed by atoms with van der Waals surface area (Å²) < 4.78 is 28.4. The molecular formula is C17H21ClF2N4O. The summed E-state index contributed by atoms with van der Waals surface area (Å²) in [6.07, 6.45) is 3.95. The van der Waals surface area contributed by atoms with Gasteiger partial charge in [0.2, 0.25) is 5.91 Å². The summed E-state index contributed by atoms with van der Waals surface area (Å²) >= 11 is 0. The minimum atomic E-state index is -0.477. The summed E-state index contributed by atoms with van der Waals surface area (Å²) in [7, 11) is 1.84. The molecule has 1 aliphatic heterocycles. The first-order valence-electron chi connectivity index (χ1n) is 7.95. The smallest absolute Gasteiger partial charge is 0.225 e. The Morgan fingerprint density at radius 1 is 1.40 bits per heavy atom. The van der Waals surface area contributed by atoms with Crippen LogP contribution in [-0.2, 0) is 18.3 Å². The number of hydrogen-bond acceptors (Lipinski definition) is 3. The van der Waals surface area contributed by atoms with Crippen molar-refractivity contribution >= 4 is 18.3 Å². The summed E-state index contributed by atoms with van der Waals surface area (Å²) in [6, 6.07) is 3.35. The number of carbonyl (C=O) groups is 1. The lowest BCUT2D eigenvalue weighted by Gasteiger charge is -2.17.